The maximum Gasteiger partial charge on any atom is 0.200 e. The molecule has 3 nitrogen and oxygen atoms in total. The van der Waals surface area contributed by atoms with Gasteiger partial charge in [0.05, 0.1) is 0 Å². The van der Waals surface area contributed by atoms with Crippen LogP contribution in [0.15, 0.2) is 24.5 Å². The van der Waals surface area contributed by atoms with Gasteiger partial charge in [-0.3, -0.25) is 0 Å². The second-order valence-corrected chi connectivity index (χ2v) is 3.83. The molecule has 16 heavy (non-hydrogen) atoms. The highest BCUT2D eigenvalue weighted by molar-refractivity contribution is 5.33. The number of hydrogen-bond acceptors (Lipinski definition) is 2. The number of aryl methyl sites for hydroxylation is 2. The first-order valence-corrected chi connectivity index (χ1v) is 5.15. The maximum atomic E-state index is 13.4. The predicted octanol–water partition coefficient (Wildman–Crippen LogP) is 2.78. The highest BCUT2D eigenvalue weighted by Crippen LogP contribution is 2.15. The van der Waals surface area contributed by atoms with E-state index in [0.29, 0.717) is 17.7 Å². The number of anilines is 1. The molecular weight excluding hydrogens is 205 g/mol. The molecule has 1 aromatic heterocycles. The van der Waals surface area contributed by atoms with Crippen LogP contribution in [0.5, 0.6) is 0 Å². The lowest BCUT2D eigenvalue weighted by Gasteiger charge is -2.07. The predicted molar refractivity (Wildman–Crippen MR) is 61.8 cm³/mol. The molecule has 0 aliphatic carbocycles. The molecule has 84 valence electrons. The van der Waals surface area contributed by atoms with Crippen molar-refractivity contribution in [3.63, 3.8) is 0 Å². The average molecular weight is 219 g/mol. The Hall–Kier alpha value is -1.84. The van der Waals surface area contributed by atoms with Crippen molar-refractivity contribution in [3.05, 3.63) is 47.0 Å². The molecule has 0 aliphatic heterocycles. The van der Waals surface area contributed by atoms with Gasteiger partial charge in [0, 0.05) is 18.9 Å². The number of rotatable bonds is 3. The zero-order valence-corrected chi connectivity index (χ0v) is 9.34. The second-order valence-electron chi connectivity index (χ2n) is 3.83. The maximum absolute atomic E-state index is 13.4. The lowest BCUT2D eigenvalue weighted by Crippen LogP contribution is -2.02. The molecule has 4 heteroatoms. The van der Waals surface area contributed by atoms with Gasteiger partial charge in [0.1, 0.15) is 5.82 Å². The van der Waals surface area contributed by atoms with Crippen LogP contribution in [0.3, 0.4) is 0 Å². The summed E-state index contributed by atoms with van der Waals surface area (Å²) >= 11 is 0. The third kappa shape index (κ3) is 2.21. The minimum atomic E-state index is -0.123. The van der Waals surface area contributed by atoms with Gasteiger partial charge in [-0.25, -0.2) is 9.37 Å². The molecule has 2 N–H and O–H groups in total. The van der Waals surface area contributed by atoms with E-state index in [1.165, 1.54) is 0 Å². The van der Waals surface area contributed by atoms with Crippen LogP contribution >= 0.6 is 0 Å². The number of nitrogens with one attached hydrogen (secondary N) is 2. The summed E-state index contributed by atoms with van der Waals surface area (Å²) in [6, 6.07) is 3.69. The first kappa shape index (κ1) is 10.7. The Kier molecular flexibility index (Phi) is 2.90. The number of aromatic nitrogens is 2. The van der Waals surface area contributed by atoms with Gasteiger partial charge in [-0.15, -0.1) is 0 Å². The lowest BCUT2D eigenvalue weighted by atomic mass is 10.1. The quantitative estimate of drug-likeness (QED) is 0.833. The molecule has 2 aromatic rings. The van der Waals surface area contributed by atoms with Crippen LogP contribution in [0, 0.1) is 19.7 Å². The van der Waals surface area contributed by atoms with Crippen LogP contribution in [0.4, 0.5) is 10.3 Å². The average Bonchev–Trinajstić information content (AvgIpc) is 2.75. The molecule has 0 radical (unpaired) electrons. The van der Waals surface area contributed by atoms with Gasteiger partial charge in [0.25, 0.3) is 0 Å². The van der Waals surface area contributed by atoms with Gasteiger partial charge in [-0.1, -0.05) is 12.1 Å². The van der Waals surface area contributed by atoms with Crippen molar-refractivity contribution in [2.45, 2.75) is 20.4 Å². The SMILES string of the molecule is Cc1cc(CNc2ncc[nH]2)cc(C)c1F. The summed E-state index contributed by atoms with van der Waals surface area (Å²) in [5, 5.41) is 3.13. The third-order valence-electron chi connectivity index (χ3n) is 2.45. The lowest BCUT2D eigenvalue weighted by molar-refractivity contribution is 0.608. The molecule has 1 heterocycles. The minimum absolute atomic E-state index is 0.123. The molecule has 0 aliphatic rings. The van der Waals surface area contributed by atoms with Gasteiger partial charge >= 0.3 is 0 Å². The fraction of sp³-hybridized carbons (Fsp3) is 0.250. The summed E-state index contributed by atoms with van der Waals surface area (Å²) in [7, 11) is 0. The van der Waals surface area contributed by atoms with E-state index in [9.17, 15) is 4.39 Å². The van der Waals surface area contributed by atoms with Gasteiger partial charge in [0.2, 0.25) is 0 Å². The molecule has 0 unspecified atom stereocenters. The first-order valence-electron chi connectivity index (χ1n) is 5.15. The summed E-state index contributed by atoms with van der Waals surface area (Å²) in [6.45, 7) is 4.19. The second kappa shape index (κ2) is 4.35. The monoisotopic (exact) mass is 219 g/mol. The summed E-state index contributed by atoms with van der Waals surface area (Å²) in [5.74, 6) is 0.598. The highest BCUT2D eigenvalue weighted by atomic mass is 19.1. The van der Waals surface area contributed by atoms with E-state index in [4.69, 9.17) is 0 Å². The number of imidazole rings is 1. The molecule has 2 rings (SSSR count). The van der Waals surface area contributed by atoms with E-state index in [0.717, 1.165) is 11.5 Å². The van der Waals surface area contributed by atoms with E-state index >= 15 is 0 Å². The number of nitrogens with zero attached hydrogens (tertiary/aromatic N) is 1. The minimum Gasteiger partial charge on any atom is -0.352 e. The molecule has 1 aromatic carbocycles. The van der Waals surface area contributed by atoms with Gasteiger partial charge in [0.15, 0.2) is 5.95 Å². The molecule has 0 saturated heterocycles. The van der Waals surface area contributed by atoms with Crippen LogP contribution in [0.1, 0.15) is 16.7 Å². The number of hydrogen-bond donors (Lipinski definition) is 2. The van der Waals surface area contributed by atoms with Crippen LogP contribution in [-0.4, -0.2) is 9.97 Å². The van der Waals surface area contributed by atoms with Crippen molar-refractivity contribution in [2.75, 3.05) is 5.32 Å². The Morgan fingerprint density at radius 3 is 2.56 bits per heavy atom. The summed E-state index contributed by atoms with van der Waals surface area (Å²) in [5.41, 5.74) is 2.40. The van der Waals surface area contributed by atoms with Crippen LogP contribution < -0.4 is 5.32 Å². The van der Waals surface area contributed by atoms with Crippen molar-refractivity contribution in [2.24, 2.45) is 0 Å². The van der Waals surface area contributed by atoms with E-state index < -0.39 is 0 Å². The molecule has 0 bridgehead atoms. The smallest absolute Gasteiger partial charge is 0.200 e. The van der Waals surface area contributed by atoms with Gasteiger partial charge in [-0.2, -0.15) is 0 Å². The standard InChI is InChI=1S/C12H14FN3/c1-8-5-10(6-9(2)11(8)13)7-16-12-14-3-4-15-12/h3-6H,7H2,1-2H3,(H2,14,15,16). The van der Waals surface area contributed by atoms with E-state index in [2.05, 4.69) is 15.3 Å². The molecular formula is C12H14FN3. The summed E-state index contributed by atoms with van der Waals surface area (Å²) in [6.07, 6.45) is 3.44. The van der Waals surface area contributed by atoms with Crippen LogP contribution in [0.25, 0.3) is 0 Å². The van der Waals surface area contributed by atoms with Crippen molar-refractivity contribution >= 4 is 5.95 Å². The molecule has 0 fully saturated rings. The van der Waals surface area contributed by atoms with E-state index in [1.807, 2.05) is 12.1 Å². The largest absolute Gasteiger partial charge is 0.352 e. The molecule has 0 saturated carbocycles. The summed E-state index contributed by atoms with van der Waals surface area (Å²) < 4.78 is 13.4. The van der Waals surface area contributed by atoms with Crippen molar-refractivity contribution < 1.29 is 4.39 Å². The topological polar surface area (TPSA) is 40.7 Å². The zero-order chi connectivity index (χ0) is 11.5. The third-order valence-corrected chi connectivity index (χ3v) is 2.45. The van der Waals surface area contributed by atoms with Gasteiger partial charge < -0.3 is 10.3 Å². The number of aromatic amines is 1. The van der Waals surface area contributed by atoms with E-state index in [1.54, 1.807) is 26.2 Å². The Labute approximate surface area is 93.7 Å². The Bertz CT molecular complexity index is 454. The van der Waals surface area contributed by atoms with Crippen LogP contribution in [-0.2, 0) is 6.54 Å². The number of benzene rings is 1. The normalized spacial score (nSPS) is 10.4. The summed E-state index contributed by atoms with van der Waals surface area (Å²) in [4.78, 5) is 7.00. The number of halogens is 1. The molecule has 0 atom stereocenters. The van der Waals surface area contributed by atoms with E-state index in [-0.39, 0.29) is 5.82 Å². The fourth-order valence-corrected chi connectivity index (χ4v) is 1.69. The van der Waals surface area contributed by atoms with Gasteiger partial charge in [-0.05, 0) is 30.5 Å². The fourth-order valence-electron chi connectivity index (χ4n) is 1.69. The number of H-pyrrole nitrogens is 1. The van der Waals surface area contributed by atoms with Crippen molar-refractivity contribution in [1.29, 1.82) is 0 Å². The van der Waals surface area contributed by atoms with Crippen molar-refractivity contribution in [3.8, 4) is 0 Å². The molecule has 0 spiro atoms. The Balaban J connectivity index is 2.10. The molecule has 0 amide bonds. The first-order chi connectivity index (χ1) is 7.66. The highest BCUT2D eigenvalue weighted by Gasteiger charge is 2.04. The Morgan fingerprint density at radius 2 is 2.00 bits per heavy atom. The van der Waals surface area contributed by atoms with Crippen LogP contribution in [0.2, 0.25) is 0 Å². The zero-order valence-electron chi connectivity index (χ0n) is 9.34. The van der Waals surface area contributed by atoms with Crippen molar-refractivity contribution in [1.82, 2.24) is 9.97 Å². The Morgan fingerprint density at radius 1 is 1.31 bits per heavy atom.